The first-order chi connectivity index (χ1) is 6.79. The molecule has 2 aliphatic rings. The third-order valence-electron chi connectivity index (χ3n) is 3.68. The van der Waals surface area contributed by atoms with Crippen LogP contribution in [-0.2, 0) is 9.53 Å². The maximum atomic E-state index is 12.1. The maximum absolute atomic E-state index is 12.1. The summed E-state index contributed by atoms with van der Waals surface area (Å²) in [6.45, 7) is 2.92. The van der Waals surface area contributed by atoms with Crippen LogP contribution >= 0.6 is 0 Å². The Hall–Kier alpha value is -0.370. The molecule has 0 radical (unpaired) electrons. The molecular formula is C12H20O2. The second-order valence-electron chi connectivity index (χ2n) is 4.79. The molecule has 1 aliphatic heterocycles. The van der Waals surface area contributed by atoms with E-state index in [9.17, 15) is 4.79 Å². The highest BCUT2D eigenvalue weighted by molar-refractivity contribution is 5.86. The molecule has 2 rings (SSSR count). The smallest absolute Gasteiger partial charge is 0.164 e. The number of hydrogen-bond acceptors (Lipinski definition) is 2. The van der Waals surface area contributed by atoms with E-state index in [0.717, 1.165) is 25.9 Å². The number of rotatable bonds is 2. The maximum Gasteiger partial charge on any atom is 0.164 e. The summed E-state index contributed by atoms with van der Waals surface area (Å²) in [5.74, 6) is 1.16. The number of ketones is 1. The monoisotopic (exact) mass is 196 g/mol. The van der Waals surface area contributed by atoms with E-state index in [0.29, 0.717) is 17.6 Å². The topological polar surface area (TPSA) is 26.3 Å². The molecular weight excluding hydrogens is 176 g/mol. The Kier molecular flexibility index (Phi) is 3.22. The molecule has 2 atom stereocenters. The Balaban J connectivity index is 1.92. The van der Waals surface area contributed by atoms with E-state index in [1.807, 2.05) is 0 Å². The second kappa shape index (κ2) is 4.43. The highest BCUT2D eigenvalue weighted by atomic mass is 16.5. The third kappa shape index (κ3) is 2.00. The molecule has 0 bridgehead atoms. The number of carbonyl (C=O) groups is 1. The van der Waals surface area contributed by atoms with E-state index in [-0.39, 0.29) is 6.10 Å². The summed E-state index contributed by atoms with van der Waals surface area (Å²) in [7, 11) is 0. The lowest BCUT2D eigenvalue weighted by molar-refractivity contribution is -0.134. The van der Waals surface area contributed by atoms with Gasteiger partial charge in [0.05, 0.1) is 0 Å². The van der Waals surface area contributed by atoms with Gasteiger partial charge in [0, 0.05) is 12.5 Å². The van der Waals surface area contributed by atoms with Crippen LogP contribution in [0, 0.1) is 11.8 Å². The Morgan fingerprint density at radius 3 is 2.43 bits per heavy atom. The van der Waals surface area contributed by atoms with Crippen LogP contribution in [0.5, 0.6) is 0 Å². The van der Waals surface area contributed by atoms with Gasteiger partial charge in [0.25, 0.3) is 0 Å². The predicted molar refractivity (Wildman–Crippen MR) is 55.1 cm³/mol. The van der Waals surface area contributed by atoms with Crippen LogP contribution in [0.15, 0.2) is 0 Å². The van der Waals surface area contributed by atoms with Gasteiger partial charge in [-0.05, 0) is 25.2 Å². The molecule has 0 spiro atoms. The van der Waals surface area contributed by atoms with Crippen molar-refractivity contribution in [1.82, 2.24) is 0 Å². The molecule has 0 aromatic heterocycles. The van der Waals surface area contributed by atoms with E-state index in [4.69, 9.17) is 4.74 Å². The SMILES string of the molecule is CC1CCOC1C(=O)C1CCCCC1. The summed E-state index contributed by atoms with van der Waals surface area (Å²) in [6.07, 6.45) is 6.97. The first kappa shape index (κ1) is 10.2. The minimum Gasteiger partial charge on any atom is -0.370 e. The zero-order valence-electron chi connectivity index (χ0n) is 9.00. The highest BCUT2D eigenvalue weighted by Gasteiger charge is 2.35. The minimum absolute atomic E-state index is 0.0712. The lowest BCUT2D eigenvalue weighted by Crippen LogP contribution is -2.32. The van der Waals surface area contributed by atoms with Crippen molar-refractivity contribution in [2.45, 2.75) is 51.6 Å². The van der Waals surface area contributed by atoms with Crippen LogP contribution in [-0.4, -0.2) is 18.5 Å². The molecule has 1 heterocycles. The van der Waals surface area contributed by atoms with Crippen molar-refractivity contribution >= 4 is 5.78 Å². The lowest BCUT2D eigenvalue weighted by Gasteiger charge is -2.24. The zero-order chi connectivity index (χ0) is 9.97. The van der Waals surface area contributed by atoms with Gasteiger partial charge < -0.3 is 4.74 Å². The van der Waals surface area contributed by atoms with Crippen LogP contribution in [0.2, 0.25) is 0 Å². The quantitative estimate of drug-likeness (QED) is 0.678. The summed E-state index contributed by atoms with van der Waals surface area (Å²) < 4.78 is 5.53. The Bertz CT molecular complexity index is 206. The second-order valence-corrected chi connectivity index (χ2v) is 4.79. The molecule has 0 N–H and O–H groups in total. The van der Waals surface area contributed by atoms with Crippen molar-refractivity contribution in [3.63, 3.8) is 0 Å². The van der Waals surface area contributed by atoms with Gasteiger partial charge in [0.1, 0.15) is 6.10 Å². The Labute approximate surface area is 86.0 Å². The molecule has 14 heavy (non-hydrogen) atoms. The molecule has 2 fully saturated rings. The van der Waals surface area contributed by atoms with Crippen LogP contribution in [0.4, 0.5) is 0 Å². The lowest BCUT2D eigenvalue weighted by atomic mass is 9.82. The number of hydrogen-bond donors (Lipinski definition) is 0. The molecule has 2 nitrogen and oxygen atoms in total. The van der Waals surface area contributed by atoms with Gasteiger partial charge in [-0.2, -0.15) is 0 Å². The Morgan fingerprint density at radius 2 is 1.86 bits per heavy atom. The molecule has 2 unspecified atom stereocenters. The van der Waals surface area contributed by atoms with E-state index in [1.54, 1.807) is 0 Å². The van der Waals surface area contributed by atoms with Crippen LogP contribution < -0.4 is 0 Å². The van der Waals surface area contributed by atoms with Gasteiger partial charge in [0.15, 0.2) is 5.78 Å². The summed E-state index contributed by atoms with van der Waals surface area (Å²) in [5.41, 5.74) is 0. The van der Waals surface area contributed by atoms with Crippen LogP contribution in [0.25, 0.3) is 0 Å². The number of ether oxygens (including phenoxy) is 1. The average molecular weight is 196 g/mol. The fourth-order valence-corrected chi connectivity index (χ4v) is 2.68. The molecule has 1 saturated carbocycles. The first-order valence-corrected chi connectivity index (χ1v) is 5.94. The summed E-state index contributed by atoms with van der Waals surface area (Å²) in [4.78, 5) is 12.1. The first-order valence-electron chi connectivity index (χ1n) is 5.94. The summed E-state index contributed by atoms with van der Waals surface area (Å²) >= 11 is 0. The molecule has 1 saturated heterocycles. The number of carbonyl (C=O) groups excluding carboxylic acids is 1. The van der Waals surface area contributed by atoms with Crippen molar-refractivity contribution in [1.29, 1.82) is 0 Å². The fraction of sp³-hybridized carbons (Fsp3) is 0.917. The van der Waals surface area contributed by atoms with Crippen molar-refractivity contribution < 1.29 is 9.53 Å². The standard InChI is InChI=1S/C12H20O2/c1-9-7-8-14-12(9)11(13)10-5-3-2-4-6-10/h9-10,12H,2-8H2,1H3. The van der Waals surface area contributed by atoms with Gasteiger partial charge in [-0.1, -0.05) is 26.2 Å². The van der Waals surface area contributed by atoms with Crippen LogP contribution in [0.1, 0.15) is 45.4 Å². The van der Waals surface area contributed by atoms with Crippen molar-refractivity contribution in [3.8, 4) is 0 Å². The average Bonchev–Trinajstić information content (AvgIpc) is 2.65. The molecule has 0 amide bonds. The summed E-state index contributed by atoms with van der Waals surface area (Å²) in [5, 5.41) is 0. The van der Waals surface area contributed by atoms with Gasteiger partial charge >= 0.3 is 0 Å². The van der Waals surface area contributed by atoms with E-state index < -0.39 is 0 Å². The molecule has 1 aliphatic carbocycles. The van der Waals surface area contributed by atoms with E-state index in [2.05, 4.69) is 6.92 Å². The van der Waals surface area contributed by atoms with Gasteiger partial charge in [-0.3, -0.25) is 4.79 Å². The van der Waals surface area contributed by atoms with Crippen molar-refractivity contribution in [2.75, 3.05) is 6.61 Å². The molecule has 2 heteroatoms. The molecule has 0 aromatic rings. The highest BCUT2D eigenvalue weighted by Crippen LogP contribution is 2.30. The van der Waals surface area contributed by atoms with Crippen molar-refractivity contribution in [3.05, 3.63) is 0 Å². The number of Topliss-reactive ketones (excluding diaryl/α,β-unsaturated/α-hetero) is 1. The minimum atomic E-state index is -0.0712. The Morgan fingerprint density at radius 1 is 1.14 bits per heavy atom. The van der Waals surface area contributed by atoms with E-state index >= 15 is 0 Å². The van der Waals surface area contributed by atoms with E-state index in [1.165, 1.54) is 19.3 Å². The molecule has 0 aromatic carbocycles. The van der Waals surface area contributed by atoms with Gasteiger partial charge in [-0.25, -0.2) is 0 Å². The zero-order valence-corrected chi connectivity index (χ0v) is 9.00. The third-order valence-corrected chi connectivity index (χ3v) is 3.68. The summed E-state index contributed by atoms with van der Waals surface area (Å²) in [6, 6.07) is 0. The van der Waals surface area contributed by atoms with Crippen LogP contribution in [0.3, 0.4) is 0 Å². The van der Waals surface area contributed by atoms with Gasteiger partial charge in [-0.15, -0.1) is 0 Å². The normalized spacial score (nSPS) is 34.6. The molecule has 80 valence electrons. The predicted octanol–water partition coefficient (Wildman–Crippen LogP) is 2.56. The largest absolute Gasteiger partial charge is 0.370 e. The van der Waals surface area contributed by atoms with Gasteiger partial charge in [0.2, 0.25) is 0 Å². The fourth-order valence-electron chi connectivity index (χ4n) is 2.68. The van der Waals surface area contributed by atoms with Crippen molar-refractivity contribution in [2.24, 2.45) is 11.8 Å².